The van der Waals surface area contributed by atoms with Gasteiger partial charge >= 0.3 is 0 Å². The number of aromatic nitrogens is 2. The van der Waals surface area contributed by atoms with Crippen LogP contribution in [0.5, 0.6) is 5.75 Å². The molecule has 0 amide bonds. The second-order valence-electron chi connectivity index (χ2n) is 6.27. The van der Waals surface area contributed by atoms with E-state index in [1.165, 1.54) is 0 Å². The number of hydrogen-bond acceptors (Lipinski definition) is 6. The van der Waals surface area contributed by atoms with Crippen LogP contribution in [0.4, 0.5) is 17.5 Å². The molecule has 1 aliphatic rings. The molecule has 3 rings (SSSR count). The van der Waals surface area contributed by atoms with Crippen LogP contribution in [0.25, 0.3) is 0 Å². The monoisotopic (exact) mass is 387 g/mol. The summed E-state index contributed by atoms with van der Waals surface area (Å²) in [4.78, 5) is 8.88. The Labute approximate surface area is 164 Å². The van der Waals surface area contributed by atoms with E-state index in [9.17, 15) is 0 Å². The van der Waals surface area contributed by atoms with E-state index in [-0.39, 0.29) is 6.10 Å². The molecule has 0 bridgehead atoms. The molecule has 1 saturated heterocycles. The highest BCUT2D eigenvalue weighted by Crippen LogP contribution is 2.20. The molecule has 0 unspecified atom stereocenters. The minimum atomic E-state index is 0.222. The molecule has 1 aromatic carbocycles. The summed E-state index contributed by atoms with van der Waals surface area (Å²) in [6.45, 7) is 6.04. The van der Waals surface area contributed by atoms with Gasteiger partial charge in [0.1, 0.15) is 11.6 Å². The Kier molecular flexibility index (Phi) is 6.78. The second-order valence-corrected chi connectivity index (χ2v) is 6.68. The normalized spacial score (nSPS) is 16.0. The van der Waals surface area contributed by atoms with Gasteiger partial charge in [-0.3, -0.25) is 0 Å². The fourth-order valence-electron chi connectivity index (χ4n) is 2.80. The van der Waals surface area contributed by atoms with Crippen molar-refractivity contribution in [2.45, 2.75) is 32.8 Å². The molecule has 2 heterocycles. The smallest absolute Gasteiger partial charge is 0.231 e. The Morgan fingerprint density at radius 3 is 2.81 bits per heavy atom. The van der Waals surface area contributed by atoms with Crippen molar-refractivity contribution in [3.63, 3.8) is 0 Å². The topological polar surface area (TPSA) is 80.3 Å². The van der Waals surface area contributed by atoms with E-state index >= 15 is 0 Å². The summed E-state index contributed by atoms with van der Waals surface area (Å²) in [5, 5.41) is 9.97. The lowest BCUT2D eigenvalue weighted by Crippen LogP contribution is -2.35. The first-order chi connectivity index (χ1) is 13.1. The second kappa shape index (κ2) is 9.48. The molecule has 8 heteroatoms. The lowest BCUT2D eigenvalue weighted by Gasteiger charge is -2.14. The Morgan fingerprint density at radius 1 is 1.30 bits per heavy atom. The summed E-state index contributed by atoms with van der Waals surface area (Å²) in [5.74, 6) is 1.98. The summed E-state index contributed by atoms with van der Waals surface area (Å²) < 4.78 is 11.0. The van der Waals surface area contributed by atoms with E-state index in [1.54, 1.807) is 0 Å². The number of ether oxygens (including phenoxy) is 2. The van der Waals surface area contributed by atoms with Crippen LogP contribution < -0.4 is 20.7 Å². The van der Waals surface area contributed by atoms with Crippen LogP contribution in [-0.2, 0) is 4.74 Å². The molecule has 0 saturated carbocycles. The van der Waals surface area contributed by atoms with E-state index < -0.39 is 0 Å². The lowest BCUT2D eigenvalue weighted by molar-refractivity contribution is 0.114. The predicted molar refractivity (Wildman–Crippen MR) is 111 cm³/mol. The van der Waals surface area contributed by atoms with E-state index in [1.807, 2.05) is 44.2 Å². The number of thiocarbonyl (C=S) groups is 1. The van der Waals surface area contributed by atoms with Crippen molar-refractivity contribution < 1.29 is 9.47 Å². The molecular weight excluding hydrogens is 362 g/mol. The summed E-state index contributed by atoms with van der Waals surface area (Å²) >= 11 is 5.33. The first-order valence-electron chi connectivity index (χ1n) is 9.14. The van der Waals surface area contributed by atoms with E-state index in [0.717, 1.165) is 36.6 Å². The van der Waals surface area contributed by atoms with Crippen LogP contribution in [0.15, 0.2) is 30.3 Å². The first-order valence-corrected chi connectivity index (χ1v) is 9.55. The molecule has 1 fully saturated rings. The average Bonchev–Trinajstić information content (AvgIpc) is 3.15. The molecule has 144 valence electrons. The standard InChI is InChI=1S/C19H25N5O2S/c1-3-25-15-8-6-14(7-9-15)22-17-11-13(2)21-18(23-17)24-19(27)20-12-16-5-4-10-26-16/h6-9,11,16H,3-5,10,12H2,1-2H3,(H3,20,21,22,23,24,27)/t16-/m0/s1. The highest BCUT2D eigenvalue weighted by Gasteiger charge is 2.15. The molecule has 7 nitrogen and oxygen atoms in total. The van der Waals surface area contributed by atoms with Crippen LogP contribution in [0, 0.1) is 6.92 Å². The van der Waals surface area contributed by atoms with E-state index in [0.29, 0.717) is 30.0 Å². The minimum absolute atomic E-state index is 0.222. The molecule has 1 atom stereocenters. The molecule has 3 N–H and O–H groups in total. The fourth-order valence-corrected chi connectivity index (χ4v) is 2.97. The molecule has 1 aromatic heterocycles. The van der Waals surface area contributed by atoms with Crippen molar-refractivity contribution in [2.75, 3.05) is 30.4 Å². The van der Waals surface area contributed by atoms with Gasteiger partial charge in [-0.25, -0.2) is 4.98 Å². The molecule has 0 aliphatic carbocycles. The number of benzene rings is 1. The van der Waals surface area contributed by atoms with Crippen LogP contribution in [0.3, 0.4) is 0 Å². The van der Waals surface area contributed by atoms with Crippen LogP contribution >= 0.6 is 12.2 Å². The van der Waals surface area contributed by atoms with E-state index in [2.05, 4.69) is 25.9 Å². The van der Waals surface area contributed by atoms with Gasteiger partial charge in [-0.1, -0.05) is 0 Å². The molecule has 0 radical (unpaired) electrons. The third-order valence-corrected chi connectivity index (χ3v) is 4.28. The van der Waals surface area contributed by atoms with Gasteiger partial charge in [0, 0.05) is 30.6 Å². The number of nitrogens with one attached hydrogen (secondary N) is 3. The van der Waals surface area contributed by atoms with Crippen molar-refractivity contribution in [3.05, 3.63) is 36.0 Å². The predicted octanol–water partition coefficient (Wildman–Crippen LogP) is 3.39. The molecule has 2 aromatic rings. The molecule has 0 spiro atoms. The van der Waals surface area contributed by atoms with Gasteiger partial charge in [0.2, 0.25) is 5.95 Å². The Hall–Kier alpha value is -2.45. The highest BCUT2D eigenvalue weighted by molar-refractivity contribution is 7.80. The van der Waals surface area contributed by atoms with Gasteiger partial charge in [-0.15, -0.1) is 0 Å². The van der Waals surface area contributed by atoms with Crippen molar-refractivity contribution in [2.24, 2.45) is 0 Å². The minimum Gasteiger partial charge on any atom is -0.494 e. The average molecular weight is 388 g/mol. The molecule has 27 heavy (non-hydrogen) atoms. The van der Waals surface area contributed by atoms with Crippen molar-refractivity contribution in [3.8, 4) is 5.75 Å². The lowest BCUT2D eigenvalue weighted by atomic mass is 10.2. The SMILES string of the molecule is CCOc1ccc(Nc2cc(C)nc(NC(=S)NC[C@@H]3CCCO3)n2)cc1. The van der Waals surface area contributed by atoms with Gasteiger partial charge in [0.15, 0.2) is 5.11 Å². The maximum absolute atomic E-state index is 5.58. The van der Waals surface area contributed by atoms with E-state index in [4.69, 9.17) is 21.7 Å². The summed E-state index contributed by atoms with van der Waals surface area (Å²) in [5.41, 5.74) is 1.75. The van der Waals surface area contributed by atoms with Crippen molar-refractivity contribution in [1.82, 2.24) is 15.3 Å². The Bertz CT molecular complexity index is 763. The zero-order valence-corrected chi connectivity index (χ0v) is 16.4. The van der Waals surface area contributed by atoms with Gasteiger partial charge in [-0.05, 0) is 63.2 Å². The fraction of sp³-hybridized carbons (Fsp3) is 0.421. The van der Waals surface area contributed by atoms with Gasteiger partial charge in [0.05, 0.1) is 12.7 Å². The van der Waals surface area contributed by atoms with Gasteiger partial charge in [0.25, 0.3) is 0 Å². The number of hydrogen-bond donors (Lipinski definition) is 3. The third-order valence-electron chi connectivity index (χ3n) is 4.03. The zero-order chi connectivity index (χ0) is 19.1. The maximum atomic E-state index is 5.58. The van der Waals surface area contributed by atoms with Gasteiger partial charge < -0.3 is 25.4 Å². The summed E-state index contributed by atoms with van der Waals surface area (Å²) in [6.07, 6.45) is 2.39. The number of aryl methyl sites for hydroxylation is 1. The highest BCUT2D eigenvalue weighted by atomic mass is 32.1. The Balaban J connectivity index is 1.58. The van der Waals surface area contributed by atoms with Crippen LogP contribution in [0.1, 0.15) is 25.5 Å². The maximum Gasteiger partial charge on any atom is 0.231 e. The quantitative estimate of drug-likeness (QED) is 0.624. The number of anilines is 3. The zero-order valence-electron chi connectivity index (χ0n) is 15.6. The summed E-state index contributed by atoms with van der Waals surface area (Å²) in [6, 6.07) is 9.61. The molecule has 1 aliphatic heterocycles. The number of nitrogens with zero attached hydrogens (tertiary/aromatic N) is 2. The summed E-state index contributed by atoms with van der Waals surface area (Å²) in [7, 11) is 0. The number of rotatable bonds is 7. The van der Waals surface area contributed by atoms with Crippen molar-refractivity contribution >= 4 is 34.8 Å². The van der Waals surface area contributed by atoms with Crippen LogP contribution in [-0.4, -0.2) is 40.9 Å². The first kappa shape index (κ1) is 19.3. The molecular formula is C19H25N5O2S. The van der Waals surface area contributed by atoms with Crippen LogP contribution in [0.2, 0.25) is 0 Å². The third kappa shape index (κ3) is 6.04. The largest absolute Gasteiger partial charge is 0.494 e. The Morgan fingerprint density at radius 2 is 2.11 bits per heavy atom. The van der Waals surface area contributed by atoms with Gasteiger partial charge in [-0.2, -0.15) is 4.98 Å². The van der Waals surface area contributed by atoms with Crippen molar-refractivity contribution in [1.29, 1.82) is 0 Å².